The number of unbranched alkanes of at least 4 members (excludes halogenated alkanes) is 57. The zero-order valence-corrected chi connectivity index (χ0v) is 58.3. The number of ether oxygens (including phenoxy) is 1. The molecule has 0 spiro atoms. The second-order valence-electron chi connectivity index (χ2n) is 27.0. The zero-order chi connectivity index (χ0) is 62.0. The van der Waals surface area contributed by atoms with Gasteiger partial charge in [-0.05, 0) is 83.5 Å². The summed E-state index contributed by atoms with van der Waals surface area (Å²) in [6, 6.07) is -0.545. The fourth-order valence-electron chi connectivity index (χ4n) is 12.4. The van der Waals surface area contributed by atoms with Gasteiger partial charge in [0.15, 0.2) is 0 Å². The molecule has 1 amide bonds. The van der Waals surface area contributed by atoms with Crippen LogP contribution in [0.3, 0.4) is 0 Å². The van der Waals surface area contributed by atoms with E-state index < -0.39 is 12.1 Å². The standard InChI is InChI=1S/C80H153NO5/c1-3-5-7-9-11-13-15-17-19-21-23-24-25-30-33-37-40-44-48-52-56-60-64-68-72-78(83)77(76-82)81-79(84)73-69-65-61-57-53-49-45-41-38-34-31-28-26-27-29-32-35-39-43-47-51-55-59-63-67-71-75-86-80(85)74-70-66-62-58-54-50-46-42-36-22-20-18-16-14-12-10-8-6-4-2/h12,14,18,20,26,28,77-78,82-83H,3-11,13,15-17,19,21-25,27,29-76H2,1-2H3,(H,81,84)/b14-12-,20-18-,28-26-. The Hall–Kier alpha value is -1.92. The Balaban J connectivity index is 3.38. The van der Waals surface area contributed by atoms with Gasteiger partial charge in [0.1, 0.15) is 0 Å². The van der Waals surface area contributed by atoms with Crippen LogP contribution in [-0.4, -0.2) is 47.4 Å². The second-order valence-corrected chi connectivity index (χ2v) is 27.0. The van der Waals surface area contributed by atoms with Gasteiger partial charge in [-0.3, -0.25) is 9.59 Å². The highest BCUT2D eigenvalue weighted by molar-refractivity contribution is 5.76. The number of aliphatic hydroxyl groups excluding tert-OH is 2. The van der Waals surface area contributed by atoms with Crippen LogP contribution in [0.15, 0.2) is 36.5 Å². The Morgan fingerprint density at radius 3 is 0.919 bits per heavy atom. The van der Waals surface area contributed by atoms with Gasteiger partial charge in [-0.25, -0.2) is 0 Å². The van der Waals surface area contributed by atoms with Crippen LogP contribution in [0.1, 0.15) is 438 Å². The van der Waals surface area contributed by atoms with Crippen molar-refractivity contribution >= 4 is 11.9 Å². The molecule has 86 heavy (non-hydrogen) atoms. The molecule has 508 valence electrons. The number of rotatable bonds is 74. The predicted octanol–water partition coefficient (Wildman–Crippen LogP) is 25.8. The number of hydrogen-bond acceptors (Lipinski definition) is 5. The van der Waals surface area contributed by atoms with Crippen molar-refractivity contribution in [3.05, 3.63) is 36.5 Å². The summed E-state index contributed by atoms with van der Waals surface area (Å²) in [6.45, 7) is 4.97. The minimum Gasteiger partial charge on any atom is -0.466 e. The van der Waals surface area contributed by atoms with Gasteiger partial charge < -0.3 is 20.3 Å². The lowest BCUT2D eigenvalue weighted by Crippen LogP contribution is -2.45. The molecule has 0 bridgehead atoms. The van der Waals surface area contributed by atoms with Gasteiger partial charge >= 0.3 is 5.97 Å². The monoisotopic (exact) mass is 1210 g/mol. The van der Waals surface area contributed by atoms with Crippen LogP contribution in [0.4, 0.5) is 0 Å². The number of aliphatic hydroxyl groups is 2. The van der Waals surface area contributed by atoms with E-state index in [1.807, 2.05) is 0 Å². The Labute approximate surface area is 538 Å². The van der Waals surface area contributed by atoms with Crippen LogP contribution in [0.2, 0.25) is 0 Å². The summed E-state index contributed by atoms with van der Waals surface area (Å²) in [5.74, 6) is -0.0202. The number of esters is 1. The molecule has 0 heterocycles. The van der Waals surface area contributed by atoms with Gasteiger partial charge in [0.2, 0.25) is 5.91 Å². The van der Waals surface area contributed by atoms with Crippen molar-refractivity contribution in [3.63, 3.8) is 0 Å². The molecule has 0 rings (SSSR count). The normalized spacial score (nSPS) is 12.7. The topological polar surface area (TPSA) is 95.9 Å². The molecule has 0 aliphatic rings. The van der Waals surface area contributed by atoms with Gasteiger partial charge in [0.05, 0.1) is 25.4 Å². The summed E-state index contributed by atoms with van der Waals surface area (Å²) >= 11 is 0. The van der Waals surface area contributed by atoms with Crippen molar-refractivity contribution in [3.8, 4) is 0 Å². The molecule has 0 fully saturated rings. The molecule has 0 aromatic carbocycles. The lowest BCUT2D eigenvalue weighted by molar-refractivity contribution is -0.143. The minimum absolute atomic E-state index is 0.0115. The van der Waals surface area contributed by atoms with Crippen molar-refractivity contribution in [2.75, 3.05) is 13.2 Å². The van der Waals surface area contributed by atoms with Crippen LogP contribution in [0.5, 0.6) is 0 Å². The highest BCUT2D eigenvalue weighted by atomic mass is 16.5. The molecular formula is C80H153NO5. The van der Waals surface area contributed by atoms with Crippen LogP contribution >= 0.6 is 0 Å². The number of carbonyl (C=O) groups is 2. The Morgan fingerprint density at radius 2 is 0.581 bits per heavy atom. The van der Waals surface area contributed by atoms with Gasteiger partial charge in [-0.1, -0.05) is 378 Å². The van der Waals surface area contributed by atoms with E-state index >= 15 is 0 Å². The third-order valence-electron chi connectivity index (χ3n) is 18.4. The molecule has 0 saturated carbocycles. The summed E-state index contributed by atoms with van der Waals surface area (Å²) in [7, 11) is 0. The van der Waals surface area contributed by atoms with Gasteiger partial charge in [0, 0.05) is 12.8 Å². The molecule has 0 radical (unpaired) electrons. The van der Waals surface area contributed by atoms with E-state index in [1.165, 1.54) is 353 Å². The number of carbonyl (C=O) groups excluding carboxylic acids is 2. The molecule has 6 heteroatoms. The smallest absolute Gasteiger partial charge is 0.305 e. The number of hydrogen-bond donors (Lipinski definition) is 3. The minimum atomic E-state index is -0.668. The van der Waals surface area contributed by atoms with Gasteiger partial charge in [-0.2, -0.15) is 0 Å². The molecule has 0 aliphatic carbocycles. The van der Waals surface area contributed by atoms with Gasteiger partial charge in [-0.15, -0.1) is 0 Å². The highest BCUT2D eigenvalue weighted by Crippen LogP contribution is 2.20. The van der Waals surface area contributed by atoms with E-state index in [1.54, 1.807) is 0 Å². The Morgan fingerprint density at radius 1 is 0.326 bits per heavy atom. The van der Waals surface area contributed by atoms with E-state index in [-0.39, 0.29) is 18.5 Å². The van der Waals surface area contributed by atoms with Crippen molar-refractivity contribution in [2.45, 2.75) is 450 Å². The lowest BCUT2D eigenvalue weighted by atomic mass is 10.0. The average molecular weight is 1210 g/mol. The Bertz CT molecular complexity index is 1390. The molecule has 0 aliphatic heterocycles. The first kappa shape index (κ1) is 84.1. The maximum absolute atomic E-state index is 12.6. The number of amides is 1. The second kappa shape index (κ2) is 75.5. The summed E-state index contributed by atoms with van der Waals surface area (Å²) in [6.07, 6.45) is 97.9. The van der Waals surface area contributed by atoms with Crippen molar-refractivity contribution in [1.82, 2.24) is 5.32 Å². The zero-order valence-electron chi connectivity index (χ0n) is 58.3. The maximum atomic E-state index is 12.6. The molecule has 2 atom stereocenters. The highest BCUT2D eigenvalue weighted by Gasteiger charge is 2.20. The molecule has 6 nitrogen and oxygen atoms in total. The molecule has 3 N–H and O–H groups in total. The molecule has 0 aromatic rings. The summed E-state index contributed by atoms with van der Waals surface area (Å²) in [5, 5.41) is 23.5. The van der Waals surface area contributed by atoms with E-state index in [0.717, 1.165) is 51.4 Å². The summed E-state index contributed by atoms with van der Waals surface area (Å²) < 4.78 is 5.51. The van der Waals surface area contributed by atoms with Crippen molar-refractivity contribution in [2.24, 2.45) is 0 Å². The molecule has 0 aromatic heterocycles. The fourth-order valence-corrected chi connectivity index (χ4v) is 12.4. The first-order valence-electron chi connectivity index (χ1n) is 39.2. The third-order valence-corrected chi connectivity index (χ3v) is 18.4. The van der Waals surface area contributed by atoms with Crippen LogP contribution in [0, 0.1) is 0 Å². The SMILES string of the molecule is CCCCC/C=C\C/C=C\CCCCCCCCCCCC(=O)OCCCCCCCCCCCCCC/C=C\CCCCCCCCCCCCC(=O)NC(CO)C(O)CCCCCCCCCCCCCCCCCCCCCCCCCC. The van der Waals surface area contributed by atoms with E-state index in [2.05, 4.69) is 55.6 Å². The fraction of sp³-hybridized carbons (Fsp3) is 0.900. The first-order chi connectivity index (χ1) is 42.5. The quantitative estimate of drug-likeness (QED) is 0.0320. The van der Waals surface area contributed by atoms with Crippen LogP contribution < -0.4 is 5.32 Å². The average Bonchev–Trinajstić information content (AvgIpc) is 3.54. The largest absolute Gasteiger partial charge is 0.466 e. The van der Waals surface area contributed by atoms with Crippen molar-refractivity contribution in [1.29, 1.82) is 0 Å². The maximum Gasteiger partial charge on any atom is 0.305 e. The summed E-state index contributed by atoms with van der Waals surface area (Å²) in [4.78, 5) is 24.7. The predicted molar refractivity (Wildman–Crippen MR) is 379 cm³/mol. The molecule has 2 unspecified atom stereocenters. The van der Waals surface area contributed by atoms with E-state index in [9.17, 15) is 19.8 Å². The number of allylic oxidation sites excluding steroid dienone is 6. The van der Waals surface area contributed by atoms with Crippen LogP contribution in [-0.2, 0) is 14.3 Å². The Kier molecular flexibility index (Phi) is 73.9. The number of nitrogens with one attached hydrogen (secondary N) is 1. The molecular weight excluding hydrogens is 1050 g/mol. The first-order valence-corrected chi connectivity index (χ1v) is 39.2. The van der Waals surface area contributed by atoms with Crippen LogP contribution in [0.25, 0.3) is 0 Å². The van der Waals surface area contributed by atoms with Gasteiger partial charge in [0.25, 0.3) is 0 Å². The molecule has 0 saturated heterocycles. The van der Waals surface area contributed by atoms with E-state index in [0.29, 0.717) is 25.9 Å². The third kappa shape index (κ3) is 71.2. The lowest BCUT2D eigenvalue weighted by Gasteiger charge is -2.22. The summed E-state index contributed by atoms with van der Waals surface area (Å²) in [5.41, 5.74) is 0. The van der Waals surface area contributed by atoms with E-state index in [4.69, 9.17) is 4.74 Å². The van der Waals surface area contributed by atoms with Crippen molar-refractivity contribution < 1.29 is 24.5 Å².